The topological polar surface area (TPSA) is 38.4 Å². The predicted molar refractivity (Wildman–Crippen MR) is 86.4 cm³/mol. The van der Waals surface area contributed by atoms with E-state index in [-0.39, 0.29) is 17.5 Å². The van der Waals surface area contributed by atoms with E-state index in [1.807, 2.05) is 20.8 Å². The summed E-state index contributed by atoms with van der Waals surface area (Å²) in [5.41, 5.74) is -4.09. The lowest BCUT2D eigenvalue weighted by molar-refractivity contribution is -0.591. The lowest BCUT2D eigenvalue weighted by Gasteiger charge is -2.27. The highest BCUT2D eigenvalue weighted by atomic mass is 19.4. The number of nitrogens with zero attached hydrogens (tertiary/aromatic N) is 2. The minimum absolute atomic E-state index is 0.0121. The molecule has 0 fully saturated rings. The zero-order valence-electron chi connectivity index (χ0n) is 15.1. The van der Waals surface area contributed by atoms with Crippen LogP contribution in [0.1, 0.15) is 56.7 Å². The van der Waals surface area contributed by atoms with Gasteiger partial charge in [-0.15, -0.1) is 0 Å². The number of hydrogen-bond donors (Lipinski definition) is 0. The van der Waals surface area contributed by atoms with E-state index in [1.54, 1.807) is 6.21 Å². The molecule has 0 spiro atoms. The standard InChI is InChI=1S/C18H20F6N2O/c1-16(2,3)14-6-4-5-7-26(14)25-15(27)11-8-12(17(19,20)21)10-13(9-11)18(22,23)24/h7-10,14H,4-6H2,1-3H3. The Morgan fingerprint density at radius 2 is 1.52 bits per heavy atom. The first-order valence-corrected chi connectivity index (χ1v) is 8.37. The van der Waals surface area contributed by atoms with E-state index >= 15 is 0 Å². The Hall–Kier alpha value is -2.06. The fraction of sp³-hybridized carbons (Fsp3) is 0.556. The van der Waals surface area contributed by atoms with Crippen molar-refractivity contribution in [2.75, 3.05) is 0 Å². The van der Waals surface area contributed by atoms with Gasteiger partial charge in [0.2, 0.25) is 0 Å². The first-order valence-electron chi connectivity index (χ1n) is 8.37. The number of benzene rings is 1. The molecule has 0 radical (unpaired) electrons. The second-order valence-electron chi connectivity index (χ2n) is 7.58. The van der Waals surface area contributed by atoms with E-state index in [0.717, 1.165) is 6.42 Å². The van der Waals surface area contributed by atoms with Crippen molar-refractivity contribution >= 4 is 12.1 Å². The third-order valence-corrected chi connectivity index (χ3v) is 4.36. The molecule has 27 heavy (non-hydrogen) atoms. The van der Waals surface area contributed by atoms with Gasteiger partial charge in [-0.05, 0) is 35.3 Å². The molecule has 150 valence electrons. The molecule has 0 amide bonds. The predicted octanol–water partition coefficient (Wildman–Crippen LogP) is 4.43. The van der Waals surface area contributed by atoms with Crippen LogP contribution in [0.4, 0.5) is 26.3 Å². The first kappa shape index (κ1) is 21.2. The zero-order valence-corrected chi connectivity index (χ0v) is 15.1. The Morgan fingerprint density at radius 3 is 1.96 bits per heavy atom. The SMILES string of the molecule is CC(C)(C)C1CCCC=[N+]1/N=C(\[O-])c1cc(C(F)(F)F)cc(C(F)(F)F)c1. The molecule has 1 aromatic carbocycles. The van der Waals surface area contributed by atoms with Gasteiger partial charge in [0, 0.05) is 18.3 Å². The summed E-state index contributed by atoms with van der Waals surface area (Å²) in [7, 11) is 0. The molecule has 0 aliphatic carbocycles. The van der Waals surface area contributed by atoms with Crippen LogP contribution < -0.4 is 5.11 Å². The summed E-state index contributed by atoms with van der Waals surface area (Å²) in [6, 6.07) is 0.610. The number of rotatable bonds is 2. The molecule has 0 N–H and O–H groups in total. The van der Waals surface area contributed by atoms with Crippen molar-refractivity contribution in [2.45, 2.75) is 58.4 Å². The van der Waals surface area contributed by atoms with Gasteiger partial charge < -0.3 is 5.11 Å². The van der Waals surface area contributed by atoms with Crippen molar-refractivity contribution in [1.82, 2.24) is 0 Å². The van der Waals surface area contributed by atoms with Gasteiger partial charge in [0.05, 0.1) is 17.0 Å². The summed E-state index contributed by atoms with van der Waals surface area (Å²) in [4.78, 5) is 0. The second kappa shape index (κ2) is 7.16. The molecule has 1 aliphatic rings. The van der Waals surface area contributed by atoms with Crippen molar-refractivity contribution in [2.24, 2.45) is 10.5 Å². The molecule has 0 saturated carbocycles. The van der Waals surface area contributed by atoms with Gasteiger partial charge in [-0.3, -0.25) is 0 Å². The molecule has 0 aromatic heterocycles. The molecule has 1 atom stereocenters. The molecule has 2 rings (SSSR count). The Bertz CT molecular complexity index is 724. The highest BCUT2D eigenvalue weighted by Gasteiger charge is 2.38. The number of alkyl halides is 6. The monoisotopic (exact) mass is 394 g/mol. The van der Waals surface area contributed by atoms with Gasteiger partial charge >= 0.3 is 12.4 Å². The van der Waals surface area contributed by atoms with Crippen molar-refractivity contribution in [3.63, 3.8) is 0 Å². The molecule has 1 unspecified atom stereocenters. The number of hydrogen-bond acceptors (Lipinski definition) is 2. The lowest BCUT2D eigenvalue weighted by atomic mass is 9.83. The van der Waals surface area contributed by atoms with Crippen LogP contribution in [0.2, 0.25) is 0 Å². The minimum atomic E-state index is -5.01. The van der Waals surface area contributed by atoms with E-state index in [1.165, 1.54) is 4.68 Å². The van der Waals surface area contributed by atoms with Crippen molar-refractivity contribution < 1.29 is 36.1 Å². The molecule has 9 heteroatoms. The molecular formula is C18H20F6N2O. The minimum Gasteiger partial charge on any atom is -0.854 e. The fourth-order valence-electron chi connectivity index (χ4n) is 2.98. The average Bonchev–Trinajstić information content (AvgIpc) is 2.52. The normalized spacial score (nSPS) is 19.8. The molecule has 1 aliphatic heterocycles. The van der Waals surface area contributed by atoms with Gasteiger partial charge in [-0.25, -0.2) is 0 Å². The summed E-state index contributed by atoms with van der Waals surface area (Å²) in [5, 5.41) is 16.2. The molecule has 0 bridgehead atoms. The summed E-state index contributed by atoms with van der Waals surface area (Å²) >= 11 is 0. The van der Waals surface area contributed by atoms with E-state index < -0.39 is 34.9 Å². The van der Waals surface area contributed by atoms with Gasteiger partial charge in [-0.2, -0.15) is 26.3 Å². The van der Waals surface area contributed by atoms with Crippen LogP contribution in [0.25, 0.3) is 0 Å². The molecule has 0 saturated heterocycles. The first-order chi connectivity index (χ1) is 12.2. The van der Waals surface area contributed by atoms with Crippen molar-refractivity contribution in [1.29, 1.82) is 0 Å². The van der Waals surface area contributed by atoms with E-state index in [9.17, 15) is 31.4 Å². The van der Waals surface area contributed by atoms with E-state index in [0.29, 0.717) is 25.0 Å². The third-order valence-electron chi connectivity index (χ3n) is 4.36. The van der Waals surface area contributed by atoms with Crippen LogP contribution >= 0.6 is 0 Å². The van der Waals surface area contributed by atoms with Crippen LogP contribution in [0.3, 0.4) is 0 Å². The van der Waals surface area contributed by atoms with Gasteiger partial charge in [0.25, 0.3) is 0 Å². The lowest BCUT2D eigenvalue weighted by Crippen LogP contribution is -2.39. The van der Waals surface area contributed by atoms with E-state index in [4.69, 9.17) is 0 Å². The van der Waals surface area contributed by atoms with Crippen molar-refractivity contribution in [3.05, 3.63) is 34.9 Å². The molecule has 3 nitrogen and oxygen atoms in total. The maximum absolute atomic E-state index is 13.0. The maximum Gasteiger partial charge on any atom is 0.416 e. The summed E-state index contributed by atoms with van der Waals surface area (Å²) in [6.07, 6.45) is -6.17. The fourth-order valence-corrected chi connectivity index (χ4v) is 2.98. The van der Waals surface area contributed by atoms with Crippen LogP contribution in [0.5, 0.6) is 0 Å². The molecule has 1 heterocycles. The van der Waals surface area contributed by atoms with Gasteiger partial charge in [-0.1, -0.05) is 25.5 Å². The zero-order chi connectivity index (χ0) is 20.6. The smallest absolute Gasteiger partial charge is 0.416 e. The van der Waals surface area contributed by atoms with Gasteiger partial charge in [0.1, 0.15) is 0 Å². The Balaban J connectivity index is 2.53. The van der Waals surface area contributed by atoms with Crippen LogP contribution in [-0.2, 0) is 12.4 Å². The van der Waals surface area contributed by atoms with Crippen LogP contribution in [-0.4, -0.2) is 22.8 Å². The summed E-state index contributed by atoms with van der Waals surface area (Å²) in [6.45, 7) is 5.78. The average molecular weight is 394 g/mol. The van der Waals surface area contributed by atoms with E-state index in [2.05, 4.69) is 5.10 Å². The Labute approximate surface area is 153 Å². The summed E-state index contributed by atoms with van der Waals surface area (Å²) < 4.78 is 79.1. The summed E-state index contributed by atoms with van der Waals surface area (Å²) in [5.74, 6) is -1.14. The highest BCUT2D eigenvalue weighted by Crippen LogP contribution is 2.36. The number of halogens is 6. The van der Waals surface area contributed by atoms with Crippen LogP contribution in [0.15, 0.2) is 23.3 Å². The van der Waals surface area contributed by atoms with Gasteiger partial charge in [0.15, 0.2) is 12.3 Å². The molecular weight excluding hydrogens is 374 g/mol. The molecule has 1 aromatic rings. The quantitative estimate of drug-likeness (QED) is 0.317. The maximum atomic E-state index is 13.0. The third kappa shape index (κ3) is 5.23. The second-order valence-corrected chi connectivity index (χ2v) is 7.58. The Morgan fingerprint density at radius 1 is 1.00 bits per heavy atom. The largest absolute Gasteiger partial charge is 0.854 e. The Kier molecular flexibility index (Phi) is 5.64. The highest BCUT2D eigenvalue weighted by molar-refractivity contribution is 5.90. The number of hydrazone groups is 1. The van der Waals surface area contributed by atoms with Crippen LogP contribution in [0, 0.1) is 5.41 Å². The van der Waals surface area contributed by atoms with Crippen molar-refractivity contribution in [3.8, 4) is 0 Å².